The van der Waals surface area contributed by atoms with E-state index in [1.165, 1.54) is 0 Å². The van der Waals surface area contributed by atoms with Crippen LogP contribution in [0, 0.1) is 5.82 Å². The molecule has 94 valence electrons. The van der Waals surface area contributed by atoms with E-state index in [2.05, 4.69) is 4.74 Å². The standard InChI is InChI=1S/C10H9F4NO2/c11-7-2-1-6(5-8(7)15)9(16)17-4-3-10(12,13)14/h1-2,5H,3-4,15H2. The number of halogens is 4. The molecule has 0 spiro atoms. The first kappa shape index (κ1) is 13.3. The maximum Gasteiger partial charge on any atom is 0.392 e. The van der Waals surface area contributed by atoms with Crippen molar-refractivity contribution in [3.05, 3.63) is 29.6 Å². The predicted octanol–water partition coefficient (Wildman–Crippen LogP) is 2.52. The van der Waals surface area contributed by atoms with Gasteiger partial charge in [0, 0.05) is 0 Å². The second-order valence-corrected chi connectivity index (χ2v) is 3.24. The number of esters is 1. The Morgan fingerprint density at radius 1 is 1.35 bits per heavy atom. The number of rotatable bonds is 3. The Balaban J connectivity index is 2.56. The number of ether oxygens (including phenoxy) is 1. The van der Waals surface area contributed by atoms with Crippen LogP contribution in [0.2, 0.25) is 0 Å². The molecule has 0 aliphatic carbocycles. The maximum absolute atomic E-state index is 12.7. The average Bonchev–Trinajstić information content (AvgIpc) is 2.20. The van der Waals surface area contributed by atoms with Gasteiger partial charge in [-0.3, -0.25) is 0 Å². The number of carbonyl (C=O) groups is 1. The molecule has 0 aromatic heterocycles. The lowest BCUT2D eigenvalue weighted by molar-refractivity contribution is -0.141. The van der Waals surface area contributed by atoms with Crippen LogP contribution >= 0.6 is 0 Å². The van der Waals surface area contributed by atoms with Crippen LogP contribution in [0.3, 0.4) is 0 Å². The van der Waals surface area contributed by atoms with E-state index < -0.39 is 31.0 Å². The van der Waals surface area contributed by atoms with Gasteiger partial charge in [-0.15, -0.1) is 0 Å². The molecule has 7 heteroatoms. The Labute approximate surface area is 94.2 Å². The third-order valence-corrected chi connectivity index (χ3v) is 1.85. The zero-order valence-electron chi connectivity index (χ0n) is 8.55. The summed E-state index contributed by atoms with van der Waals surface area (Å²) in [5.74, 6) is -1.68. The first-order chi connectivity index (χ1) is 7.79. The van der Waals surface area contributed by atoms with E-state index in [4.69, 9.17) is 5.73 Å². The van der Waals surface area contributed by atoms with Crippen LogP contribution in [0.1, 0.15) is 16.8 Å². The van der Waals surface area contributed by atoms with Crippen molar-refractivity contribution in [2.75, 3.05) is 12.3 Å². The number of nitrogens with two attached hydrogens (primary N) is 1. The van der Waals surface area contributed by atoms with E-state index >= 15 is 0 Å². The molecule has 3 nitrogen and oxygen atoms in total. The molecular weight excluding hydrogens is 242 g/mol. The number of anilines is 1. The number of alkyl halides is 3. The van der Waals surface area contributed by atoms with Gasteiger partial charge in [-0.1, -0.05) is 0 Å². The molecule has 0 heterocycles. The second-order valence-electron chi connectivity index (χ2n) is 3.24. The van der Waals surface area contributed by atoms with E-state index in [-0.39, 0.29) is 11.3 Å². The summed E-state index contributed by atoms with van der Waals surface area (Å²) >= 11 is 0. The molecule has 0 saturated heterocycles. The minimum atomic E-state index is -4.39. The molecule has 0 radical (unpaired) electrons. The SMILES string of the molecule is Nc1cc(C(=O)OCCC(F)(F)F)ccc1F. The Morgan fingerprint density at radius 2 is 2.00 bits per heavy atom. The zero-order chi connectivity index (χ0) is 13.1. The molecule has 0 amide bonds. The molecule has 0 atom stereocenters. The van der Waals surface area contributed by atoms with Crippen molar-refractivity contribution in [1.29, 1.82) is 0 Å². The second kappa shape index (κ2) is 5.03. The van der Waals surface area contributed by atoms with Gasteiger partial charge in [-0.2, -0.15) is 13.2 Å². The van der Waals surface area contributed by atoms with Crippen LogP contribution in [-0.2, 0) is 4.74 Å². The van der Waals surface area contributed by atoms with Gasteiger partial charge in [-0.25, -0.2) is 9.18 Å². The molecule has 1 aromatic carbocycles. The zero-order valence-corrected chi connectivity index (χ0v) is 8.55. The van der Waals surface area contributed by atoms with Crippen molar-refractivity contribution in [2.45, 2.75) is 12.6 Å². The van der Waals surface area contributed by atoms with Crippen LogP contribution < -0.4 is 5.73 Å². The summed E-state index contributed by atoms with van der Waals surface area (Å²) in [4.78, 5) is 11.2. The lowest BCUT2D eigenvalue weighted by Gasteiger charge is -2.07. The summed E-state index contributed by atoms with van der Waals surface area (Å²) in [5, 5.41) is 0. The van der Waals surface area contributed by atoms with Crippen LogP contribution in [-0.4, -0.2) is 18.8 Å². The lowest BCUT2D eigenvalue weighted by atomic mass is 10.2. The Morgan fingerprint density at radius 3 is 2.53 bits per heavy atom. The van der Waals surface area contributed by atoms with Crippen molar-refractivity contribution in [2.24, 2.45) is 0 Å². The first-order valence-electron chi connectivity index (χ1n) is 4.58. The molecule has 17 heavy (non-hydrogen) atoms. The van der Waals surface area contributed by atoms with Crippen LogP contribution in [0.15, 0.2) is 18.2 Å². The summed E-state index contributed by atoms with van der Waals surface area (Å²) in [6.45, 7) is -0.778. The highest BCUT2D eigenvalue weighted by atomic mass is 19.4. The Bertz CT molecular complexity index is 417. The van der Waals surface area contributed by atoms with Gasteiger partial charge in [0.05, 0.1) is 17.7 Å². The largest absolute Gasteiger partial charge is 0.462 e. The minimum Gasteiger partial charge on any atom is -0.462 e. The molecule has 0 unspecified atom stereocenters. The number of benzene rings is 1. The monoisotopic (exact) mass is 251 g/mol. The normalized spacial score (nSPS) is 11.3. The fourth-order valence-corrected chi connectivity index (χ4v) is 1.01. The molecule has 0 aliphatic rings. The van der Waals surface area contributed by atoms with Gasteiger partial charge in [0.1, 0.15) is 12.4 Å². The van der Waals surface area contributed by atoms with Crippen molar-refractivity contribution in [3.8, 4) is 0 Å². The molecule has 0 aliphatic heterocycles. The fourth-order valence-electron chi connectivity index (χ4n) is 1.01. The number of hydrogen-bond donors (Lipinski definition) is 1. The molecule has 0 bridgehead atoms. The van der Waals surface area contributed by atoms with E-state index in [1.807, 2.05) is 0 Å². The average molecular weight is 251 g/mol. The highest BCUT2D eigenvalue weighted by Gasteiger charge is 2.27. The summed E-state index contributed by atoms with van der Waals surface area (Å²) in [6.07, 6.45) is -5.61. The lowest BCUT2D eigenvalue weighted by Crippen LogP contribution is -2.14. The molecular formula is C10H9F4NO2. The smallest absolute Gasteiger partial charge is 0.392 e. The van der Waals surface area contributed by atoms with Gasteiger partial charge in [0.25, 0.3) is 0 Å². The van der Waals surface area contributed by atoms with Crippen molar-refractivity contribution in [3.63, 3.8) is 0 Å². The maximum atomic E-state index is 12.7. The highest BCUT2D eigenvalue weighted by Crippen LogP contribution is 2.19. The highest BCUT2D eigenvalue weighted by molar-refractivity contribution is 5.90. The van der Waals surface area contributed by atoms with Crippen molar-refractivity contribution >= 4 is 11.7 Å². The predicted molar refractivity (Wildman–Crippen MR) is 51.8 cm³/mol. The third-order valence-electron chi connectivity index (χ3n) is 1.85. The van der Waals surface area contributed by atoms with Crippen LogP contribution in [0.5, 0.6) is 0 Å². The van der Waals surface area contributed by atoms with E-state index in [0.29, 0.717) is 0 Å². The Kier molecular flexibility index (Phi) is 3.93. The van der Waals surface area contributed by atoms with Crippen molar-refractivity contribution < 1.29 is 27.1 Å². The summed E-state index contributed by atoms with van der Waals surface area (Å²) in [5.41, 5.74) is 4.83. The molecule has 0 fully saturated rings. The van der Waals surface area contributed by atoms with Gasteiger partial charge in [0.2, 0.25) is 0 Å². The number of hydrogen-bond acceptors (Lipinski definition) is 3. The third kappa shape index (κ3) is 4.29. The van der Waals surface area contributed by atoms with E-state index in [1.54, 1.807) is 0 Å². The van der Waals surface area contributed by atoms with Gasteiger partial charge in [-0.05, 0) is 18.2 Å². The summed E-state index contributed by atoms with van der Waals surface area (Å²) < 4.78 is 52.4. The van der Waals surface area contributed by atoms with E-state index in [0.717, 1.165) is 18.2 Å². The van der Waals surface area contributed by atoms with Crippen LogP contribution in [0.4, 0.5) is 23.2 Å². The molecule has 1 rings (SSSR count). The topological polar surface area (TPSA) is 52.3 Å². The molecule has 2 N–H and O–H groups in total. The Hall–Kier alpha value is -1.79. The van der Waals surface area contributed by atoms with Crippen LogP contribution in [0.25, 0.3) is 0 Å². The summed E-state index contributed by atoms with van der Waals surface area (Å²) in [7, 11) is 0. The number of carbonyl (C=O) groups excluding carboxylic acids is 1. The quantitative estimate of drug-likeness (QED) is 0.510. The fraction of sp³-hybridized carbons (Fsp3) is 0.300. The molecule has 1 aromatic rings. The van der Waals surface area contributed by atoms with Crippen molar-refractivity contribution in [1.82, 2.24) is 0 Å². The van der Waals surface area contributed by atoms with E-state index in [9.17, 15) is 22.4 Å². The van der Waals surface area contributed by atoms with Gasteiger partial charge in [0.15, 0.2) is 0 Å². The van der Waals surface area contributed by atoms with Gasteiger partial charge < -0.3 is 10.5 Å². The number of nitrogen functional groups attached to an aromatic ring is 1. The van der Waals surface area contributed by atoms with Gasteiger partial charge >= 0.3 is 12.1 Å². The molecule has 0 saturated carbocycles. The first-order valence-corrected chi connectivity index (χ1v) is 4.58. The summed E-state index contributed by atoms with van der Waals surface area (Å²) in [6, 6.07) is 3.03. The minimum absolute atomic E-state index is 0.0916.